The number of nitrogens with one attached hydrogen (secondary N) is 1. The van der Waals surface area contributed by atoms with E-state index in [1.807, 2.05) is 29.2 Å². The zero-order valence-corrected chi connectivity index (χ0v) is 15.4. The third-order valence-electron chi connectivity index (χ3n) is 4.77. The Morgan fingerprint density at radius 3 is 2.42 bits per heavy atom. The number of aryl methyl sites for hydroxylation is 1. The van der Waals surface area contributed by atoms with Crippen LogP contribution in [-0.2, 0) is 4.79 Å². The third-order valence-corrected chi connectivity index (χ3v) is 4.77. The Morgan fingerprint density at radius 2 is 1.69 bits per heavy atom. The lowest BCUT2D eigenvalue weighted by atomic mass is 10.2. The van der Waals surface area contributed by atoms with E-state index in [-0.39, 0.29) is 5.91 Å². The molecule has 26 heavy (non-hydrogen) atoms. The summed E-state index contributed by atoms with van der Waals surface area (Å²) in [6.45, 7) is 6.79. The average Bonchev–Trinajstić information content (AvgIpc) is 2.68. The van der Waals surface area contributed by atoms with Gasteiger partial charge in [-0.05, 0) is 24.1 Å². The summed E-state index contributed by atoms with van der Waals surface area (Å²) in [4.78, 5) is 16.8. The first-order valence-electron chi connectivity index (χ1n) is 9.23. The van der Waals surface area contributed by atoms with Crippen LogP contribution in [0.1, 0.15) is 11.1 Å². The maximum absolute atomic E-state index is 12.4. The molecule has 0 spiro atoms. The van der Waals surface area contributed by atoms with Crippen LogP contribution in [0, 0.1) is 6.92 Å². The van der Waals surface area contributed by atoms with Crippen LogP contribution >= 0.6 is 0 Å². The van der Waals surface area contributed by atoms with Gasteiger partial charge in [-0.2, -0.15) is 0 Å². The molecule has 1 fully saturated rings. The van der Waals surface area contributed by atoms with Crippen LogP contribution in [0.25, 0.3) is 6.08 Å². The number of carbonyl (C=O) groups excluding carboxylic acids is 1. The largest absolute Gasteiger partial charge is 0.376 e. The highest BCUT2D eigenvalue weighted by Gasteiger charge is 2.20. The third kappa shape index (κ3) is 5.20. The fourth-order valence-electron chi connectivity index (χ4n) is 3.14. The first-order chi connectivity index (χ1) is 12.7. The molecule has 1 saturated heterocycles. The molecular formula is C22H27N3O. The number of amides is 1. The first kappa shape index (κ1) is 18.2. The lowest BCUT2D eigenvalue weighted by molar-refractivity contribution is -0.130. The standard InChI is InChI=1S/C22H27N3O/c1-19-8-5-6-12-21(19)23-18-22(26)25-16-14-24(15-17-25)13-7-11-20-9-3-2-4-10-20/h2-12,23H,13-18H2,1H3/b11-7+. The van der Waals surface area contributed by atoms with Gasteiger partial charge in [-0.1, -0.05) is 60.7 Å². The van der Waals surface area contributed by atoms with E-state index in [0.717, 1.165) is 44.0 Å². The maximum Gasteiger partial charge on any atom is 0.241 e. The molecule has 0 bridgehead atoms. The van der Waals surface area contributed by atoms with Crippen molar-refractivity contribution in [2.75, 3.05) is 44.6 Å². The zero-order valence-electron chi connectivity index (χ0n) is 15.4. The number of hydrogen-bond acceptors (Lipinski definition) is 3. The lowest BCUT2D eigenvalue weighted by Gasteiger charge is -2.34. The minimum atomic E-state index is 0.174. The highest BCUT2D eigenvalue weighted by Crippen LogP contribution is 2.13. The van der Waals surface area contributed by atoms with E-state index in [1.54, 1.807) is 0 Å². The molecule has 3 rings (SSSR count). The van der Waals surface area contributed by atoms with Crippen molar-refractivity contribution >= 4 is 17.7 Å². The summed E-state index contributed by atoms with van der Waals surface area (Å²) in [6.07, 6.45) is 4.36. The van der Waals surface area contributed by atoms with Crippen LogP contribution in [0.4, 0.5) is 5.69 Å². The Morgan fingerprint density at radius 1 is 1.00 bits per heavy atom. The average molecular weight is 349 g/mol. The molecule has 0 radical (unpaired) electrons. The van der Waals surface area contributed by atoms with Gasteiger partial charge >= 0.3 is 0 Å². The molecule has 0 saturated carbocycles. The Bertz CT molecular complexity index is 734. The Kier molecular flexibility index (Phi) is 6.45. The van der Waals surface area contributed by atoms with Gasteiger partial charge in [0.2, 0.25) is 5.91 Å². The Balaban J connectivity index is 1.39. The predicted octanol–water partition coefficient (Wildman–Crippen LogP) is 3.26. The Hall–Kier alpha value is -2.59. The number of carbonyl (C=O) groups is 1. The van der Waals surface area contributed by atoms with Crippen LogP contribution in [0.15, 0.2) is 60.7 Å². The van der Waals surface area contributed by atoms with Crippen LogP contribution in [0.3, 0.4) is 0 Å². The van der Waals surface area contributed by atoms with E-state index in [0.29, 0.717) is 6.54 Å². The van der Waals surface area contributed by atoms with Crippen LogP contribution < -0.4 is 5.32 Å². The van der Waals surface area contributed by atoms with Crippen molar-refractivity contribution < 1.29 is 4.79 Å². The fraction of sp³-hybridized carbons (Fsp3) is 0.318. The number of piperazine rings is 1. The smallest absolute Gasteiger partial charge is 0.241 e. The van der Waals surface area contributed by atoms with Crippen LogP contribution in [0.5, 0.6) is 0 Å². The van der Waals surface area contributed by atoms with Gasteiger partial charge in [-0.15, -0.1) is 0 Å². The van der Waals surface area contributed by atoms with E-state index >= 15 is 0 Å². The molecule has 1 aliphatic heterocycles. The maximum atomic E-state index is 12.4. The fourth-order valence-corrected chi connectivity index (χ4v) is 3.14. The molecule has 4 heteroatoms. The van der Waals surface area contributed by atoms with Crippen molar-refractivity contribution in [3.63, 3.8) is 0 Å². The van der Waals surface area contributed by atoms with Gasteiger partial charge < -0.3 is 10.2 Å². The van der Waals surface area contributed by atoms with Gasteiger partial charge in [0.25, 0.3) is 0 Å². The second kappa shape index (κ2) is 9.20. The first-order valence-corrected chi connectivity index (χ1v) is 9.23. The summed E-state index contributed by atoms with van der Waals surface area (Å²) < 4.78 is 0. The van der Waals surface area contributed by atoms with Crippen LogP contribution in [0.2, 0.25) is 0 Å². The highest BCUT2D eigenvalue weighted by atomic mass is 16.2. The minimum Gasteiger partial charge on any atom is -0.376 e. The van der Waals surface area contributed by atoms with Crippen molar-refractivity contribution in [3.8, 4) is 0 Å². The number of benzene rings is 2. The summed E-state index contributed by atoms with van der Waals surface area (Å²) in [6, 6.07) is 18.4. The van der Waals surface area contributed by atoms with E-state index in [2.05, 4.69) is 59.6 Å². The Labute approximate surface area is 156 Å². The SMILES string of the molecule is Cc1ccccc1NCC(=O)N1CCN(C/C=C/c2ccccc2)CC1. The van der Waals surface area contributed by atoms with Gasteiger partial charge in [0, 0.05) is 38.4 Å². The molecular weight excluding hydrogens is 322 g/mol. The molecule has 0 unspecified atom stereocenters. The van der Waals surface area contributed by atoms with Crippen molar-refractivity contribution in [3.05, 3.63) is 71.8 Å². The van der Waals surface area contributed by atoms with E-state index in [1.165, 1.54) is 5.56 Å². The summed E-state index contributed by atoms with van der Waals surface area (Å²) in [5, 5.41) is 3.26. The molecule has 0 aromatic heterocycles. The summed E-state index contributed by atoms with van der Waals surface area (Å²) in [5.41, 5.74) is 3.42. The normalized spacial score (nSPS) is 15.3. The molecule has 1 aliphatic rings. The topological polar surface area (TPSA) is 35.6 Å². The van der Waals surface area contributed by atoms with Gasteiger partial charge in [-0.3, -0.25) is 9.69 Å². The van der Waals surface area contributed by atoms with Crippen molar-refractivity contribution in [1.29, 1.82) is 0 Å². The molecule has 2 aromatic carbocycles. The van der Waals surface area contributed by atoms with Crippen molar-refractivity contribution in [1.82, 2.24) is 9.80 Å². The number of rotatable bonds is 6. The second-order valence-electron chi connectivity index (χ2n) is 6.66. The molecule has 1 amide bonds. The van der Waals surface area contributed by atoms with E-state index < -0.39 is 0 Å². The molecule has 2 aromatic rings. The minimum absolute atomic E-state index is 0.174. The van der Waals surface area contributed by atoms with E-state index in [4.69, 9.17) is 0 Å². The van der Waals surface area contributed by atoms with Crippen LogP contribution in [-0.4, -0.2) is 55.0 Å². The van der Waals surface area contributed by atoms with Gasteiger partial charge in [0.15, 0.2) is 0 Å². The summed E-state index contributed by atoms with van der Waals surface area (Å²) in [7, 11) is 0. The molecule has 136 valence electrons. The molecule has 0 aliphatic carbocycles. The molecule has 0 atom stereocenters. The number of hydrogen-bond donors (Lipinski definition) is 1. The summed E-state index contributed by atoms with van der Waals surface area (Å²) in [5.74, 6) is 0.174. The monoisotopic (exact) mass is 349 g/mol. The zero-order chi connectivity index (χ0) is 18.2. The van der Waals surface area contributed by atoms with E-state index in [9.17, 15) is 4.79 Å². The van der Waals surface area contributed by atoms with Gasteiger partial charge in [0.1, 0.15) is 0 Å². The molecule has 1 N–H and O–H groups in total. The number of para-hydroxylation sites is 1. The molecule has 1 heterocycles. The number of anilines is 1. The number of nitrogens with zero attached hydrogens (tertiary/aromatic N) is 2. The van der Waals surface area contributed by atoms with Crippen molar-refractivity contribution in [2.45, 2.75) is 6.92 Å². The van der Waals surface area contributed by atoms with Gasteiger partial charge in [0.05, 0.1) is 6.54 Å². The predicted molar refractivity (Wildman–Crippen MR) is 108 cm³/mol. The van der Waals surface area contributed by atoms with Gasteiger partial charge in [-0.25, -0.2) is 0 Å². The van der Waals surface area contributed by atoms with Crippen molar-refractivity contribution in [2.24, 2.45) is 0 Å². The lowest BCUT2D eigenvalue weighted by Crippen LogP contribution is -2.50. The summed E-state index contributed by atoms with van der Waals surface area (Å²) >= 11 is 0. The second-order valence-corrected chi connectivity index (χ2v) is 6.66. The quantitative estimate of drug-likeness (QED) is 0.869. The highest BCUT2D eigenvalue weighted by molar-refractivity contribution is 5.81. The molecule has 4 nitrogen and oxygen atoms in total.